The molecule has 6 heteroatoms. The highest BCUT2D eigenvalue weighted by Gasteiger charge is 2.22. The van der Waals surface area contributed by atoms with E-state index in [1.807, 2.05) is 0 Å². The number of aliphatic hydroxyl groups is 2. The highest BCUT2D eigenvalue weighted by atomic mass is 19.1. The number of carbonyl (C=O) groups is 1. The van der Waals surface area contributed by atoms with Crippen molar-refractivity contribution in [2.24, 2.45) is 0 Å². The molecule has 0 aromatic heterocycles. The maximum atomic E-state index is 13.0. The van der Waals surface area contributed by atoms with Gasteiger partial charge in [-0.05, 0) is 23.3 Å². The molecule has 0 saturated carbocycles. The zero-order chi connectivity index (χ0) is 13.0. The normalized spacial score (nSPS) is 13.8. The van der Waals surface area contributed by atoms with E-state index in [4.69, 9.17) is 15.5 Å². The predicted octanol–water partition coefficient (Wildman–Crippen LogP) is 0.371. The molecule has 2 atom stereocenters. The molecule has 0 amide bonds. The third-order valence-electron chi connectivity index (χ3n) is 2.20. The molecule has 0 fully saturated rings. The minimum Gasteiger partial charge on any atom is -0.481 e. The van der Waals surface area contributed by atoms with E-state index >= 15 is 0 Å². The minimum absolute atomic E-state index is 0.0959. The van der Waals surface area contributed by atoms with Gasteiger partial charge in [0, 0.05) is 0 Å². The maximum Gasteiger partial charge on any atom is 0.307 e. The number of aliphatic carboxylic acids is 1. The molecule has 0 saturated heterocycles. The van der Waals surface area contributed by atoms with Crippen molar-refractivity contribution in [2.75, 3.05) is 0 Å². The zero-order valence-corrected chi connectivity index (χ0v) is 8.67. The second-order valence-electron chi connectivity index (χ2n) is 3.43. The molecule has 0 aliphatic rings. The molecule has 5 nitrogen and oxygen atoms in total. The van der Waals surface area contributed by atoms with Crippen molar-refractivity contribution in [3.63, 3.8) is 0 Å². The molecule has 0 spiro atoms. The fraction of sp³-hybridized carbons (Fsp3) is 0.273. The largest absolute Gasteiger partial charge is 0.481 e. The average Bonchev–Trinajstić information content (AvgIpc) is 2.29. The summed E-state index contributed by atoms with van der Waals surface area (Å²) in [6, 6.07) is 4.55. The molecule has 0 aliphatic carbocycles. The number of rotatable bonds is 4. The van der Waals surface area contributed by atoms with Crippen molar-refractivity contribution in [2.45, 2.75) is 18.6 Å². The molecule has 0 bridgehead atoms. The van der Waals surface area contributed by atoms with Gasteiger partial charge in [0.1, 0.15) is 11.9 Å². The molecular formula is C11H10FNO4. The van der Waals surface area contributed by atoms with E-state index < -0.39 is 30.4 Å². The Morgan fingerprint density at radius 1 is 1.47 bits per heavy atom. The van der Waals surface area contributed by atoms with Crippen LogP contribution in [0.25, 0.3) is 0 Å². The molecule has 0 aliphatic heterocycles. The summed E-state index contributed by atoms with van der Waals surface area (Å²) >= 11 is 0. The molecular weight excluding hydrogens is 229 g/mol. The number of halogens is 1. The first kappa shape index (κ1) is 13.1. The van der Waals surface area contributed by atoms with Crippen LogP contribution in [0, 0.1) is 17.1 Å². The Kier molecular flexibility index (Phi) is 4.15. The van der Waals surface area contributed by atoms with Crippen LogP contribution in [-0.4, -0.2) is 27.4 Å². The lowest BCUT2D eigenvalue weighted by molar-refractivity contribution is -0.136. The highest BCUT2D eigenvalue weighted by molar-refractivity contribution is 5.70. The molecule has 1 aromatic carbocycles. The second-order valence-corrected chi connectivity index (χ2v) is 3.43. The number of nitrogens with zero attached hydrogens (tertiary/aromatic N) is 1. The van der Waals surface area contributed by atoms with Crippen LogP contribution in [0.2, 0.25) is 0 Å². The smallest absolute Gasteiger partial charge is 0.307 e. The molecule has 2 unspecified atom stereocenters. The number of hydrogen-bond donors (Lipinski definition) is 3. The number of carboxylic acids is 1. The van der Waals surface area contributed by atoms with Gasteiger partial charge in [0.05, 0.1) is 12.5 Å². The van der Waals surface area contributed by atoms with E-state index in [1.54, 1.807) is 0 Å². The van der Waals surface area contributed by atoms with Gasteiger partial charge in [0.15, 0.2) is 6.10 Å². The predicted molar refractivity (Wildman–Crippen MR) is 54.3 cm³/mol. The van der Waals surface area contributed by atoms with Gasteiger partial charge in [-0.3, -0.25) is 4.79 Å². The van der Waals surface area contributed by atoms with Crippen LogP contribution in [0.5, 0.6) is 0 Å². The number of hydrogen-bond acceptors (Lipinski definition) is 4. The Balaban J connectivity index is 3.15. The summed E-state index contributed by atoms with van der Waals surface area (Å²) < 4.78 is 13.0. The second kappa shape index (κ2) is 5.39. The summed E-state index contributed by atoms with van der Waals surface area (Å²) in [5, 5.41) is 35.8. The van der Waals surface area contributed by atoms with Gasteiger partial charge in [-0.15, -0.1) is 0 Å². The van der Waals surface area contributed by atoms with Gasteiger partial charge in [-0.2, -0.15) is 5.26 Å². The molecule has 0 heterocycles. The Morgan fingerprint density at radius 3 is 2.65 bits per heavy atom. The van der Waals surface area contributed by atoms with Crippen molar-refractivity contribution in [1.82, 2.24) is 0 Å². The van der Waals surface area contributed by atoms with E-state index in [9.17, 15) is 14.3 Å². The molecule has 3 N–H and O–H groups in total. The van der Waals surface area contributed by atoms with Gasteiger partial charge in [0.2, 0.25) is 0 Å². The zero-order valence-electron chi connectivity index (χ0n) is 8.67. The molecule has 17 heavy (non-hydrogen) atoms. The van der Waals surface area contributed by atoms with Crippen molar-refractivity contribution in [3.05, 3.63) is 35.1 Å². The summed E-state index contributed by atoms with van der Waals surface area (Å²) in [5.74, 6) is -1.84. The summed E-state index contributed by atoms with van der Waals surface area (Å²) in [6.07, 6.45) is -3.79. The topological polar surface area (TPSA) is 102 Å². The van der Waals surface area contributed by atoms with Crippen LogP contribution >= 0.6 is 0 Å². The average molecular weight is 239 g/mol. The SMILES string of the molecule is N#CC(O)C(O)c1cc(F)ccc1CC(=O)O. The number of benzene rings is 1. The van der Waals surface area contributed by atoms with Gasteiger partial charge >= 0.3 is 5.97 Å². The van der Waals surface area contributed by atoms with Gasteiger partial charge < -0.3 is 15.3 Å². The van der Waals surface area contributed by atoms with Crippen molar-refractivity contribution >= 4 is 5.97 Å². The van der Waals surface area contributed by atoms with Crippen LogP contribution in [0.3, 0.4) is 0 Å². The Bertz CT molecular complexity index is 469. The number of aliphatic hydroxyl groups excluding tert-OH is 2. The third-order valence-corrected chi connectivity index (χ3v) is 2.20. The first-order chi connectivity index (χ1) is 7.95. The highest BCUT2D eigenvalue weighted by Crippen LogP contribution is 2.22. The molecule has 90 valence electrons. The quantitative estimate of drug-likeness (QED) is 0.659. The standard InChI is InChI=1S/C11H10FNO4/c12-7-2-1-6(3-10(15)16)8(4-7)11(17)9(14)5-13/h1-2,4,9,11,14,17H,3H2,(H,15,16). The van der Waals surface area contributed by atoms with Gasteiger partial charge in [-0.25, -0.2) is 4.39 Å². The molecule has 1 aromatic rings. The van der Waals surface area contributed by atoms with Crippen LogP contribution in [0.4, 0.5) is 4.39 Å². The monoisotopic (exact) mass is 239 g/mol. The van der Waals surface area contributed by atoms with Crippen LogP contribution < -0.4 is 0 Å². The first-order valence-electron chi connectivity index (χ1n) is 4.71. The van der Waals surface area contributed by atoms with E-state index in [1.165, 1.54) is 12.1 Å². The number of carboxylic acid groups (broad SMARTS) is 1. The van der Waals surface area contributed by atoms with Crippen molar-refractivity contribution in [1.29, 1.82) is 5.26 Å². The fourth-order valence-corrected chi connectivity index (χ4v) is 1.41. The maximum absolute atomic E-state index is 13.0. The van der Waals surface area contributed by atoms with E-state index in [-0.39, 0.29) is 11.1 Å². The Labute approximate surface area is 96.4 Å². The fourth-order valence-electron chi connectivity index (χ4n) is 1.41. The van der Waals surface area contributed by atoms with Crippen LogP contribution in [0.15, 0.2) is 18.2 Å². The molecule has 0 radical (unpaired) electrons. The summed E-state index contributed by atoms with van der Waals surface area (Å²) in [5.41, 5.74) is 0.0575. The third kappa shape index (κ3) is 3.24. The van der Waals surface area contributed by atoms with Gasteiger partial charge in [-0.1, -0.05) is 6.07 Å². The summed E-state index contributed by atoms with van der Waals surface area (Å²) in [4.78, 5) is 10.6. The number of nitriles is 1. The summed E-state index contributed by atoms with van der Waals surface area (Å²) in [6.45, 7) is 0. The Morgan fingerprint density at radius 2 is 2.12 bits per heavy atom. The van der Waals surface area contributed by atoms with E-state index in [0.717, 1.165) is 12.1 Å². The lowest BCUT2D eigenvalue weighted by Gasteiger charge is -2.15. The van der Waals surface area contributed by atoms with Crippen LogP contribution in [-0.2, 0) is 11.2 Å². The minimum atomic E-state index is -1.73. The van der Waals surface area contributed by atoms with Crippen molar-refractivity contribution < 1.29 is 24.5 Å². The van der Waals surface area contributed by atoms with E-state index in [2.05, 4.69) is 0 Å². The van der Waals surface area contributed by atoms with Crippen LogP contribution in [0.1, 0.15) is 17.2 Å². The lowest BCUT2D eigenvalue weighted by atomic mass is 9.97. The lowest BCUT2D eigenvalue weighted by Crippen LogP contribution is -2.18. The summed E-state index contributed by atoms with van der Waals surface area (Å²) in [7, 11) is 0. The Hall–Kier alpha value is -1.97. The van der Waals surface area contributed by atoms with Crippen molar-refractivity contribution in [3.8, 4) is 6.07 Å². The van der Waals surface area contributed by atoms with E-state index in [0.29, 0.717) is 0 Å². The van der Waals surface area contributed by atoms with Gasteiger partial charge in [0.25, 0.3) is 0 Å². The first-order valence-corrected chi connectivity index (χ1v) is 4.71. The molecule has 1 rings (SSSR count).